The average molecular weight is 461 g/mol. The molecule has 0 radical (unpaired) electrons. The van der Waals surface area contributed by atoms with Crippen molar-refractivity contribution in [3.63, 3.8) is 0 Å². The number of Topliss-reactive ketones (excluding diaryl/α,β-unsaturated/α-hetero) is 1. The molecule has 34 heavy (non-hydrogen) atoms. The van der Waals surface area contributed by atoms with Crippen LogP contribution in [0.5, 0.6) is 5.75 Å². The van der Waals surface area contributed by atoms with Gasteiger partial charge >= 0.3 is 5.91 Å². The molecule has 1 saturated heterocycles. The number of carbonyl (C=O) groups is 2. The van der Waals surface area contributed by atoms with Crippen LogP contribution in [-0.4, -0.2) is 28.1 Å². The Labute approximate surface area is 198 Å². The zero-order chi connectivity index (χ0) is 24.6. The summed E-state index contributed by atoms with van der Waals surface area (Å²) >= 11 is 0. The highest BCUT2D eigenvalue weighted by Gasteiger charge is 2.48. The maximum Gasteiger partial charge on any atom is 0.301 e. The molecule has 7 nitrogen and oxygen atoms in total. The van der Waals surface area contributed by atoms with Gasteiger partial charge in [-0.3, -0.25) is 14.5 Å². The van der Waals surface area contributed by atoms with Crippen LogP contribution in [0.15, 0.2) is 64.7 Å². The van der Waals surface area contributed by atoms with Gasteiger partial charge in [0.05, 0.1) is 17.7 Å². The van der Waals surface area contributed by atoms with E-state index in [0.29, 0.717) is 28.6 Å². The minimum atomic E-state index is -0.850. The molecule has 2 aromatic carbocycles. The molecule has 1 atom stereocenters. The fourth-order valence-electron chi connectivity index (χ4n) is 4.03. The van der Waals surface area contributed by atoms with E-state index in [2.05, 4.69) is 19.0 Å². The largest absolute Gasteiger partial charge is 0.507 e. The summed E-state index contributed by atoms with van der Waals surface area (Å²) in [5.41, 5.74) is 2.22. The van der Waals surface area contributed by atoms with Crippen LogP contribution in [0.3, 0.4) is 0 Å². The Morgan fingerprint density at radius 3 is 2.21 bits per heavy atom. The van der Waals surface area contributed by atoms with Crippen LogP contribution < -0.4 is 9.64 Å². The van der Waals surface area contributed by atoms with Gasteiger partial charge < -0.3 is 14.4 Å². The number of ketones is 1. The van der Waals surface area contributed by atoms with E-state index in [-0.39, 0.29) is 23.3 Å². The Morgan fingerprint density at radius 1 is 1.03 bits per heavy atom. The highest BCUT2D eigenvalue weighted by Crippen LogP contribution is 2.42. The van der Waals surface area contributed by atoms with Crippen molar-refractivity contribution in [2.24, 2.45) is 0 Å². The molecule has 0 spiro atoms. The second kappa shape index (κ2) is 9.17. The van der Waals surface area contributed by atoms with Crippen molar-refractivity contribution in [1.82, 2.24) is 5.16 Å². The van der Waals surface area contributed by atoms with Gasteiger partial charge in [-0.05, 0) is 62.1 Å². The second-order valence-corrected chi connectivity index (χ2v) is 8.98. The van der Waals surface area contributed by atoms with Gasteiger partial charge in [-0.25, -0.2) is 0 Å². The molecule has 0 saturated carbocycles. The lowest BCUT2D eigenvalue weighted by atomic mass is 9.93. The van der Waals surface area contributed by atoms with Crippen LogP contribution in [0.2, 0.25) is 0 Å². The van der Waals surface area contributed by atoms with Gasteiger partial charge in [0.15, 0.2) is 5.82 Å². The normalized spacial score (nSPS) is 17.7. The second-order valence-electron chi connectivity index (χ2n) is 8.98. The molecule has 2 heterocycles. The Morgan fingerprint density at radius 2 is 1.68 bits per heavy atom. The van der Waals surface area contributed by atoms with Crippen molar-refractivity contribution in [1.29, 1.82) is 0 Å². The summed E-state index contributed by atoms with van der Waals surface area (Å²) in [6.07, 6.45) is 0.00417. The summed E-state index contributed by atoms with van der Waals surface area (Å²) < 4.78 is 10.8. The Balaban J connectivity index is 1.84. The molecule has 1 aliphatic rings. The number of aryl methyl sites for hydroxylation is 1. The standard InChI is InChI=1S/C27H28N2O5/c1-15(2)18-6-8-19(9-7-18)24-23(25(30)20-10-12-21(13-11-20)33-16(3)4)26(31)27(32)29(24)22-14-17(5)34-28-22/h6-16,24,30H,1-5H3/t24-/m1/s1. The number of benzene rings is 2. The van der Waals surface area contributed by atoms with Crippen molar-refractivity contribution in [2.45, 2.75) is 52.7 Å². The van der Waals surface area contributed by atoms with Gasteiger partial charge in [-0.1, -0.05) is 43.3 Å². The molecular weight excluding hydrogens is 432 g/mol. The first-order chi connectivity index (χ1) is 16.2. The van der Waals surface area contributed by atoms with Crippen molar-refractivity contribution < 1.29 is 24.0 Å². The maximum atomic E-state index is 13.2. The van der Waals surface area contributed by atoms with Gasteiger partial charge in [-0.15, -0.1) is 0 Å². The number of ether oxygens (including phenoxy) is 1. The minimum Gasteiger partial charge on any atom is -0.507 e. The van der Waals surface area contributed by atoms with Crippen LogP contribution in [0.4, 0.5) is 5.82 Å². The van der Waals surface area contributed by atoms with Crippen molar-refractivity contribution in [3.05, 3.63) is 82.6 Å². The van der Waals surface area contributed by atoms with E-state index < -0.39 is 17.7 Å². The third kappa shape index (κ3) is 4.33. The maximum absolute atomic E-state index is 13.2. The Hall–Kier alpha value is -3.87. The van der Waals surface area contributed by atoms with Crippen LogP contribution in [0.1, 0.15) is 62.1 Å². The predicted molar refractivity (Wildman–Crippen MR) is 129 cm³/mol. The molecule has 176 valence electrons. The molecule has 1 amide bonds. The van der Waals surface area contributed by atoms with E-state index in [1.807, 2.05) is 38.1 Å². The summed E-state index contributed by atoms with van der Waals surface area (Å²) in [5, 5.41) is 15.2. The molecule has 1 fully saturated rings. The molecule has 0 unspecified atom stereocenters. The monoisotopic (exact) mass is 460 g/mol. The third-order valence-corrected chi connectivity index (χ3v) is 5.73. The summed E-state index contributed by atoms with van der Waals surface area (Å²) in [7, 11) is 0. The lowest BCUT2D eigenvalue weighted by Crippen LogP contribution is -2.29. The summed E-state index contributed by atoms with van der Waals surface area (Å²) in [5.74, 6) is -0.110. The quantitative estimate of drug-likeness (QED) is 0.296. The van der Waals surface area contributed by atoms with E-state index in [9.17, 15) is 14.7 Å². The van der Waals surface area contributed by atoms with Gasteiger partial charge in [0.1, 0.15) is 17.3 Å². The van der Waals surface area contributed by atoms with Gasteiger partial charge in [0.2, 0.25) is 0 Å². The van der Waals surface area contributed by atoms with E-state index in [0.717, 1.165) is 5.56 Å². The first kappa shape index (κ1) is 23.3. The van der Waals surface area contributed by atoms with E-state index >= 15 is 0 Å². The van der Waals surface area contributed by atoms with Crippen molar-refractivity contribution >= 4 is 23.3 Å². The molecule has 0 aliphatic carbocycles. The molecular formula is C27H28N2O5. The fourth-order valence-corrected chi connectivity index (χ4v) is 4.03. The lowest BCUT2D eigenvalue weighted by molar-refractivity contribution is -0.132. The summed E-state index contributed by atoms with van der Waals surface area (Å²) in [6.45, 7) is 9.73. The molecule has 7 heteroatoms. The highest BCUT2D eigenvalue weighted by molar-refractivity contribution is 6.51. The number of hydrogen-bond donors (Lipinski definition) is 1. The number of aliphatic hydroxyl groups excluding tert-OH is 1. The first-order valence-corrected chi connectivity index (χ1v) is 11.3. The average Bonchev–Trinajstić information content (AvgIpc) is 3.34. The van der Waals surface area contributed by atoms with Gasteiger partial charge in [-0.2, -0.15) is 0 Å². The van der Waals surface area contributed by atoms with Crippen molar-refractivity contribution in [2.75, 3.05) is 4.90 Å². The number of carbonyl (C=O) groups excluding carboxylic acids is 2. The third-order valence-electron chi connectivity index (χ3n) is 5.73. The Kier molecular flexibility index (Phi) is 6.28. The van der Waals surface area contributed by atoms with E-state index in [4.69, 9.17) is 9.26 Å². The smallest absolute Gasteiger partial charge is 0.301 e. The Bertz CT molecular complexity index is 1240. The molecule has 1 N–H and O–H groups in total. The topological polar surface area (TPSA) is 92.9 Å². The number of aromatic nitrogens is 1. The molecule has 4 rings (SSSR count). The highest BCUT2D eigenvalue weighted by atomic mass is 16.5. The summed E-state index contributed by atoms with van der Waals surface area (Å²) in [6, 6.07) is 15.2. The van der Waals surface area contributed by atoms with E-state index in [1.165, 1.54) is 4.90 Å². The van der Waals surface area contributed by atoms with Crippen LogP contribution in [0, 0.1) is 6.92 Å². The molecule has 1 aliphatic heterocycles. The lowest BCUT2D eigenvalue weighted by Gasteiger charge is -2.23. The first-order valence-electron chi connectivity index (χ1n) is 11.3. The SMILES string of the molecule is Cc1cc(N2C(=O)C(=O)C(=C(O)c3ccc(OC(C)C)cc3)[C@H]2c2ccc(C(C)C)cc2)no1. The van der Waals surface area contributed by atoms with Gasteiger partial charge in [0.25, 0.3) is 5.78 Å². The number of amides is 1. The zero-order valence-electron chi connectivity index (χ0n) is 19.9. The number of rotatable bonds is 6. The van der Waals surface area contributed by atoms with Crippen LogP contribution in [-0.2, 0) is 9.59 Å². The molecule has 1 aromatic heterocycles. The number of aliphatic hydroxyl groups is 1. The predicted octanol–water partition coefficient (Wildman–Crippen LogP) is 5.52. The van der Waals surface area contributed by atoms with Gasteiger partial charge in [0, 0.05) is 11.6 Å². The molecule has 3 aromatic rings. The number of anilines is 1. The fraction of sp³-hybridized carbons (Fsp3) is 0.296. The number of nitrogens with zero attached hydrogens (tertiary/aromatic N) is 2. The van der Waals surface area contributed by atoms with Crippen molar-refractivity contribution in [3.8, 4) is 5.75 Å². The number of hydrogen-bond acceptors (Lipinski definition) is 6. The summed E-state index contributed by atoms with van der Waals surface area (Å²) in [4.78, 5) is 27.6. The minimum absolute atomic E-state index is 0.000443. The van der Waals surface area contributed by atoms with Crippen LogP contribution >= 0.6 is 0 Å². The molecule has 0 bridgehead atoms. The van der Waals surface area contributed by atoms with Crippen LogP contribution in [0.25, 0.3) is 5.76 Å². The zero-order valence-corrected chi connectivity index (χ0v) is 19.9. The van der Waals surface area contributed by atoms with E-state index in [1.54, 1.807) is 37.3 Å².